The molecule has 1 aliphatic rings. The first kappa shape index (κ1) is 16.4. The number of benzene rings is 1. The molecule has 2 aromatic rings. The number of amides is 2. The second kappa shape index (κ2) is 7.88. The molecule has 0 bridgehead atoms. The zero-order chi connectivity index (χ0) is 16.8. The van der Waals surface area contributed by atoms with E-state index in [4.69, 9.17) is 0 Å². The average molecular weight is 341 g/mol. The predicted molar refractivity (Wildman–Crippen MR) is 94.4 cm³/mol. The van der Waals surface area contributed by atoms with E-state index in [1.54, 1.807) is 11.6 Å². The van der Waals surface area contributed by atoms with E-state index in [0.29, 0.717) is 6.42 Å². The van der Waals surface area contributed by atoms with Gasteiger partial charge in [0.2, 0.25) is 11.8 Å². The number of carbonyl (C=O) groups excluding carboxylic acids is 2. The molecular formula is C18H19N3O2S. The highest BCUT2D eigenvalue weighted by atomic mass is 32.1. The van der Waals surface area contributed by atoms with Crippen LogP contribution < -0.4 is 10.6 Å². The summed E-state index contributed by atoms with van der Waals surface area (Å²) < 4.78 is 0. The summed E-state index contributed by atoms with van der Waals surface area (Å²) in [5.41, 5.74) is 3.45. The molecule has 1 fully saturated rings. The fourth-order valence-corrected chi connectivity index (χ4v) is 2.80. The number of rotatable bonds is 7. The highest BCUT2D eigenvalue weighted by Crippen LogP contribution is 2.19. The van der Waals surface area contributed by atoms with E-state index in [9.17, 15) is 9.59 Å². The Kier molecular flexibility index (Phi) is 5.38. The van der Waals surface area contributed by atoms with E-state index in [1.165, 1.54) is 17.4 Å². The van der Waals surface area contributed by atoms with Crippen LogP contribution in [0.15, 0.2) is 47.3 Å². The molecule has 1 saturated carbocycles. The number of aromatic nitrogens is 1. The zero-order valence-electron chi connectivity index (χ0n) is 13.1. The van der Waals surface area contributed by atoms with Crippen LogP contribution in [0.4, 0.5) is 0 Å². The Morgan fingerprint density at radius 3 is 2.75 bits per heavy atom. The van der Waals surface area contributed by atoms with Crippen molar-refractivity contribution in [1.29, 1.82) is 0 Å². The Bertz CT molecular complexity index is 709. The molecule has 24 heavy (non-hydrogen) atoms. The molecule has 5 nitrogen and oxygen atoms in total. The zero-order valence-corrected chi connectivity index (χ0v) is 14.0. The number of nitrogens with zero attached hydrogens (tertiary/aromatic N) is 1. The lowest BCUT2D eigenvalue weighted by molar-refractivity contribution is -0.127. The van der Waals surface area contributed by atoms with E-state index < -0.39 is 6.04 Å². The first-order valence-corrected chi connectivity index (χ1v) is 8.86. The van der Waals surface area contributed by atoms with E-state index >= 15 is 0 Å². The third kappa shape index (κ3) is 5.03. The third-order valence-electron chi connectivity index (χ3n) is 3.70. The van der Waals surface area contributed by atoms with Crippen molar-refractivity contribution in [3.8, 4) is 0 Å². The average Bonchev–Trinajstić information content (AvgIpc) is 3.24. The van der Waals surface area contributed by atoms with Gasteiger partial charge in [-0.3, -0.25) is 9.59 Å². The fourth-order valence-electron chi connectivity index (χ4n) is 2.27. The van der Waals surface area contributed by atoms with Crippen LogP contribution in [0.1, 0.15) is 24.1 Å². The highest BCUT2D eigenvalue weighted by molar-refractivity contribution is 7.07. The van der Waals surface area contributed by atoms with Gasteiger partial charge in [-0.2, -0.15) is 0 Å². The topological polar surface area (TPSA) is 71.1 Å². The maximum absolute atomic E-state index is 12.4. The van der Waals surface area contributed by atoms with Crippen molar-refractivity contribution in [1.82, 2.24) is 15.6 Å². The largest absolute Gasteiger partial charge is 0.352 e. The summed E-state index contributed by atoms with van der Waals surface area (Å²) in [5, 5.41) is 7.61. The van der Waals surface area contributed by atoms with Gasteiger partial charge in [0.05, 0.1) is 11.2 Å². The molecule has 0 spiro atoms. The molecule has 1 aromatic heterocycles. The molecule has 2 N–H and O–H groups in total. The molecule has 0 unspecified atom stereocenters. The van der Waals surface area contributed by atoms with Crippen molar-refractivity contribution in [2.45, 2.75) is 31.3 Å². The van der Waals surface area contributed by atoms with Crippen molar-refractivity contribution in [2.75, 3.05) is 0 Å². The first-order chi connectivity index (χ1) is 11.7. The molecule has 2 amide bonds. The minimum Gasteiger partial charge on any atom is -0.352 e. The van der Waals surface area contributed by atoms with Crippen molar-refractivity contribution < 1.29 is 9.59 Å². The Labute approximate surface area is 144 Å². The smallest absolute Gasteiger partial charge is 0.244 e. The quantitative estimate of drug-likeness (QED) is 0.758. The van der Waals surface area contributed by atoms with E-state index in [0.717, 1.165) is 24.1 Å². The standard InChI is InChI=1S/C18H19N3O2S/c22-17(9-8-15-11-24-12-19-15)21-16(18(23)20-14-6-7-14)10-13-4-2-1-3-5-13/h1-5,8-9,11-12,14,16H,6-7,10H2,(H,20,23)(H,21,22)/b9-8+/t16-/m0/s1. The van der Waals surface area contributed by atoms with Gasteiger partial charge in [0, 0.05) is 23.9 Å². The SMILES string of the molecule is O=C(/C=C/c1cscn1)N[C@@H](Cc1ccccc1)C(=O)NC1CC1. The highest BCUT2D eigenvalue weighted by Gasteiger charge is 2.28. The predicted octanol–water partition coefficient (Wildman–Crippen LogP) is 2.16. The van der Waals surface area contributed by atoms with E-state index in [-0.39, 0.29) is 17.9 Å². The number of thiazole rings is 1. The molecule has 1 atom stereocenters. The minimum absolute atomic E-state index is 0.128. The van der Waals surface area contributed by atoms with Crippen LogP contribution in [0.3, 0.4) is 0 Å². The maximum Gasteiger partial charge on any atom is 0.244 e. The van der Waals surface area contributed by atoms with Gasteiger partial charge < -0.3 is 10.6 Å². The third-order valence-corrected chi connectivity index (χ3v) is 4.30. The van der Waals surface area contributed by atoms with Gasteiger partial charge in [-0.1, -0.05) is 30.3 Å². The van der Waals surface area contributed by atoms with Gasteiger partial charge in [0.25, 0.3) is 0 Å². The molecule has 3 rings (SSSR count). The van der Waals surface area contributed by atoms with Crippen LogP contribution in [0.5, 0.6) is 0 Å². The molecular weight excluding hydrogens is 322 g/mol. The molecule has 1 aliphatic carbocycles. The van der Waals surface area contributed by atoms with Crippen LogP contribution in [-0.2, 0) is 16.0 Å². The summed E-state index contributed by atoms with van der Waals surface area (Å²) >= 11 is 1.47. The summed E-state index contributed by atoms with van der Waals surface area (Å²) in [6.07, 6.45) is 5.56. The Balaban J connectivity index is 1.64. The van der Waals surface area contributed by atoms with Gasteiger partial charge in [0.15, 0.2) is 0 Å². The lowest BCUT2D eigenvalue weighted by atomic mass is 10.1. The van der Waals surface area contributed by atoms with Gasteiger partial charge in [0.1, 0.15) is 6.04 Å². The summed E-state index contributed by atoms with van der Waals surface area (Å²) in [7, 11) is 0. The Morgan fingerprint density at radius 1 is 1.29 bits per heavy atom. The minimum atomic E-state index is -0.583. The van der Waals surface area contributed by atoms with Crippen LogP contribution in [0.25, 0.3) is 6.08 Å². The van der Waals surface area contributed by atoms with E-state index in [1.807, 2.05) is 35.7 Å². The van der Waals surface area contributed by atoms with Gasteiger partial charge >= 0.3 is 0 Å². The molecule has 1 aromatic carbocycles. The van der Waals surface area contributed by atoms with Crippen LogP contribution in [0, 0.1) is 0 Å². The van der Waals surface area contributed by atoms with Crippen LogP contribution >= 0.6 is 11.3 Å². The molecule has 1 heterocycles. The number of carbonyl (C=O) groups is 2. The van der Waals surface area contributed by atoms with Crippen LogP contribution in [0.2, 0.25) is 0 Å². The Hall–Kier alpha value is -2.47. The normalized spacial score (nSPS) is 15.2. The van der Waals surface area contributed by atoms with Crippen LogP contribution in [-0.4, -0.2) is 28.9 Å². The summed E-state index contributed by atoms with van der Waals surface area (Å²) in [6.45, 7) is 0. The molecule has 6 heteroatoms. The van der Waals surface area contributed by atoms with Crippen molar-refractivity contribution in [2.24, 2.45) is 0 Å². The monoisotopic (exact) mass is 341 g/mol. The van der Waals surface area contributed by atoms with Gasteiger partial charge in [-0.05, 0) is 24.5 Å². The maximum atomic E-state index is 12.4. The number of hydrogen-bond acceptors (Lipinski definition) is 4. The molecule has 124 valence electrons. The van der Waals surface area contributed by atoms with Gasteiger partial charge in [-0.15, -0.1) is 11.3 Å². The van der Waals surface area contributed by atoms with Crippen molar-refractivity contribution >= 4 is 29.2 Å². The van der Waals surface area contributed by atoms with Crippen molar-refractivity contribution in [3.05, 3.63) is 58.6 Å². The second-order valence-corrected chi connectivity index (χ2v) is 6.50. The summed E-state index contributed by atoms with van der Waals surface area (Å²) in [4.78, 5) is 28.6. The lowest BCUT2D eigenvalue weighted by Crippen LogP contribution is -2.48. The number of hydrogen-bond donors (Lipinski definition) is 2. The molecule has 0 saturated heterocycles. The second-order valence-electron chi connectivity index (χ2n) is 5.78. The number of nitrogens with one attached hydrogen (secondary N) is 2. The summed E-state index contributed by atoms with van der Waals surface area (Å²) in [5.74, 6) is -0.424. The molecule has 0 aliphatic heterocycles. The van der Waals surface area contributed by atoms with Gasteiger partial charge in [-0.25, -0.2) is 4.98 Å². The molecule has 0 radical (unpaired) electrons. The van der Waals surface area contributed by atoms with E-state index in [2.05, 4.69) is 15.6 Å². The lowest BCUT2D eigenvalue weighted by Gasteiger charge is -2.17. The fraction of sp³-hybridized carbons (Fsp3) is 0.278. The van der Waals surface area contributed by atoms with Crippen molar-refractivity contribution in [3.63, 3.8) is 0 Å². The first-order valence-electron chi connectivity index (χ1n) is 7.92. The summed E-state index contributed by atoms with van der Waals surface area (Å²) in [6, 6.07) is 9.37. The Morgan fingerprint density at radius 2 is 2.08 bits per heavy atom.